The minimum absolute atomic E-state index is 0.224. The third kappa shape index (κ3) is 5.73. The summed E-state index contributed by atoms with van der Waals surface area (Å²) < 4.78 is 4.80. The van der Waals surface area contributed by atoms with Crippen LogP contribution in [0.2, 0.25) is 0 Å². The van der Waals surface area contributed by atoms with Crippen molar-refractivity contribution in [3.05, 3.63) is 65.7 Å². The molecule has 1 atom stereocenters. The van der Waals surface area contributed by atoms with E-state index in [0.29, 0.717) is 24.1 Å². The molecule has 2 aromatic rings. The van der Waals surface area contributed by atoms with Crippen LogP contribution >= 0.6 is 0 Å². The maximum absolute atomic E-state index is 12.5. The number of carbonyl (C=O) groups is 3. The molecule has 0 aliphatic rings. The van der Waals surface area contributed by atoms with E-state index in [1.54, 1.807) is 24.3 Å². The van der Waals surface area contributed by atoms with E-state index in [2.05, 4.69) is 10.6 Å². The molecule has 136 valence electrons. The van der Waals surface area contributed by atoms with Gasteiger partial charge in [-0.25, -0.2) is 4.79 Å². The second-order valence-electron chi connectivity index (χ2n) is 5.84. The van der Waals surface area contributed by atoms with Gasteiger partial charge in [0, 0.05) is 18.2 Å². The van der Waals surface area contributed by atoms with Crippen LogP contribution in [0.15, 0.2) is 54.6 Å². The number of amides is 2. The summed E-state index contributed by atoms with van der Waals surface area (Å²) in [5.74, 6) is -1.12. The molecule has 6 heteroatoms. The van der Waals surface area contributed by atoms with Crippen molar-refractivity contribution in [2.45, 2.75) is 25.8 Å². The van der Waals surface area contributed by atoms with Gasteiger partial charge in [-0.15, -0.1) is 0 Å². The Morgan fingerprint density at radius 2 is 1.77 bits per heavy atom. The van der Waals surface area contributed by atoms with Crippen LogP contribution in [-0.4, -0.2) is 30.9 Å². The topological polar surface area (TPSA) is 84.5 Å². The second kappa shape index (κ2) is 9.36. The van der Waals surface area contributed by atoms with Crippen molar-refractivity contribution < 1.29 is 19.1 Å². The van der Waals surface area contributed by atoms with E-state index in [-0.39, 0.29) is 5.91 Å². The molecule has 0 heterocycles. The lowest BCUT2D eigenvalue weighted by atomic mass is 10.0. The molecular weight excluding hydrogens is 332 g/mol. The van der Waals surface area contributed by atoms with Gasteiger partial charge in [0.25, 0.3) is 5.91 Å². The third-order valence-electron chi connectivity index (χ3n) is 3.80. The Balaban J connectivity index is 2.06. The zero-order valence-corrected chi connectivity index (χ0v) is 14.8. The van der Waals surface area contributed by atoms with E-state index in [1.165, 1.54) is 14.0 Å². The molecule has 2 N–H and O–H groups in total. The maximum atomic E-state index is 12.5. The molecule has 0 radical (unpaired) electrons. The smallest absolute Gasteiger partial charge is 0.328 e. The van der Waals surface area contributed by atoms with Crippen molar-refractivity contribution in [2.24, 2.45) is 0 Å². The number of hydrogen-bond donors (Lipinski definition) is 2. The molecule has 2 aromatic carbocycles. The summed E-state index contributed by atoms with van der Waals surface area (Å²) in [5.41, 5.74) is 1.94. The molecule has 0 saturated carbocycles. The average Bonchev–Trinajstić information content (AvgIpc) is 2.64. The SMILES string of the molecule is COC(=O)[C@@H](CCc1ccccc1)NC(=O)c1cccc(NC(C)=O)c1. The first kappa shape index (κ1) is 19.2. The number of hydrogen-bond acceptors (Lipinski definition) is 4. The van der Waals surface area contributed by atoms with E-state index < -0.39 is 17.9 Å². The number of anilines is 1. The lowest BCUT2D eigenvalue weighted by molar-refractivity contribution is -0.143. The van der Waals surface area contributed by atoms with Gasteiger partial charge in [0.1, 0.15) is 6.04 Å². The van der Waals surface area contributed by atoms with Gasteiger partial charge in [-0.1, -0.05) is 36.4 Å². The lowest BCUT2D eigenvalue weighted by Crippen LogP contribution is -2.41. The maximum Gasteiger partial charge on any atom is 0.328 e. The molecule has 0 bridgehead atoms. The minimum atomic E-state index is -0.753. The largest absolute Gasteiger partial charge is 0.467 e. The number of ether oxygens (including phenoxy) is 1. The number of rotatable bonds is 7. The standard InChI is InChI=1S/C20H22N2O4/c1-14(23)21-17-10-6-9-16(13-17)19(24)22-18(20(25)26-2)12-11-15-7-4-3-5-8-15/h3-10,13,18H,11-12H2,1-2H3,(H,21,23)(H,22,24)/t18-/m1/s1. The fourth-order valence-corrected chi connectivity index (χ4v) is 2.53. The van der Waals surface area contributed by atoms with Gasteiger partial charge >= 0.3 is 5.97 Å². The fourth-order valence-electron chi connectivity index (χ4n) is 2.53. The van der Waals surface area contributed by atoms with E-state index in [0.717, 1.165) is 5.56 Å². The predicted molar refractivity (Wildman–Crippen MR) is 98.8 cm³/mol. The molecular formula is C20H22N2O4. The van der Waals surface area contributed by atoms with Gasteiger partial charge < -0.3 is 15.4 Å². The molecule has 0 aliphatic heterocycles. The lowest BCUT2D eigenvalue weighted by Gasteiger charge is -2.17. The predicted octanol–water partition coefficient (Wildman–Crippen LogP) is 2.55. The molecule has 0 aromatic heterocycles. The van der Waals surface area contributed by atoms with Crippen LogP contribution in [0.25, 0.3) is 0 Å². The molecule has 2 amide bonds. The van der Waals surface area contributed by atoms with Crippen LogP contribution in [0.4, 0.5) is 5.69 Å². The first-order valence-electron chi connectivity index (χ1n) is 8.30. The Bertz CT molecular complexity index is 774. The van der Waals surface area contributed by atoms with Crippen molar-refractivity contribution in [3.8, 4) is 0 Å². The number of carbonyl (C=O) groups excluding carboxylic acids is 3. The van der Waals surface area contributed by atoms with E-state index >= 15 is 0 Å². The summed E-state index contributed by atoms with van der Waals surface area (Å²) in [7, 11) is 1.29. The summed E-state index contributed by atoms with van der Waals surface area (Å²) >= 11 is 0. The molecule has 0 spiro atoms. The van der Waals surface area contributed by atoms with E-state index in [1.807, 2.05) is 30.3 Å². The number of nitrogens with one attached hydrogen (secondary N) is 2. The molecule has 0 fully saturated rings. The van der Waals surface area contributed by atoms with Crippen LogP contribution in [0.1, 0.15) is 29.3 Å². The van der Waals surface area contributed by atoms with Crippen LogP contribution < -0.4 is 10.6 Å². The van der Waals surface area contributed by atoms with Gasteiger partial charge in [0.2, 0.25) is 5.91 Å². The highest BCUT2D eigenvalue weighted by Crippen LogP contribution is 2.12. The molecule has 0 saturated heterocycles. The van der Waals surface area contributed by atoms with Crippen molar-refractivity contribution in [3.63, 3.8) is 0 Å². The molecule has 0 aliphatic carbocycles. The van der Waals surface area contributed by atoms with E-state index in [9.17, 15) is 14.4 Å². The van der Waals surface area contributed by atoms with Gasteiger partial charge in [-0.05, 0) is 36.6 Å². The number of benzene rings is 2. The monoisotopic (exact) mass is 354 g/mol. The zero-order chi connectivity index (χ0) is 18.9. The van der Waals surface area contributed by atoms with Crippen molar-refractivity contribution in [2.75, 3.05) is 12.4 Å². The van der Waals surface area contributed by atoms with Crippen molar-refractivity contribution in [1.29, 1.82) is 0 Å². The second-order valence-corrected chi connectivity index (χ2v) is 5.84. The number of methoxy groups -OCH3 is 1. The highest BCUT2D eigenvalue weighted by atomic mass is 16.5. The van der Waals surface area contributed by atoms with Gasteiger partial charge in [0.05, 0.1) is 7.11 Å². The fraction of sp³-hybridized carbons (Fsp3) is 0.250. The Labute approximate surface area is 152 Å². The van der Waals surface area contributed by atoms with Crippen LogP contribution in [0, 0.1) is 0 Å². The van der Waals surface area contributed by atoms with Crippen LogP contribution in [0.3, 0.4) is 0 Å². The van der Waals surface area contributed by atoms with E-state index in [4.69, 9.17) is 4.74 Å². The number of esters is 1. The van der Waals surface area contributed by atoms with Crippen LogP contribution in [-0.2, 0) is 20.7 Å². The Kier molecular flexibility index (Phi) is 6.91. The Hall–Kier alpha value is -3.15. The molecule has 0 unspecified atom stereocenters. The summed E-state index contributed by atoms with van der Waals surface area (Å²) in [6.07, 6.45) is 1.06. The summed E-state index contributed by atoms with van der Waals surface area (Å²) in [4.78, 5) is 35.7. The first-order chi connectivity index (χ1) is 12.5. The molecule has 26 heavy (non-hydrogen) atoms. The first-order valence-corrected chi connectivity index (χ1v) is 8.30. The summed E-state index contributed by atoms with van der Waals surface area (Å²) in [6.45, 7) is 1.39. The van der Waals surface area contributed by atoms with Gasteiger partial charge in [-0.3, -0.25) is 9.59 Å². The zero-order valence-electron chi connectivity index (χ0n) is 14.8. The minimum Gasteiger partial charge on any atom is -0.467 e. The quantitative estimate of drug-likeness (QED) is 0.749. The third-order valence-corrected chi connectivity index (χ3v) is 3.80. The number of aryl methyl sites for hydroxylation is 1. The highest BCUT2D eigenvalue weighted by molar-refractivity contribution is 5.98. The van der Waals surface area contributed by atoms with Crippen LogP contribution in [0.5, 0.6) is 0 Å². The normalized spacial score (nSPS) is 11.3. The van der Waals surface area contributed by atoms with Crippen molar-refractivity contribution >= 4 is 23.5 Å². The highest BCUT2D eigenvalue weighted by Gasteiger charge is 2.22. The molecule has 2 rings (SSSR count). The summed E-state index contributed by atoms with van der Waals surface area (Å²) in [6, 6.07) is 15.5. The van der Waals surface area contributed by atoms with Gasteiger partial charge in [0.15, 0.2) is 0 Å². The Morgan fingerprint density at radius 1 is 1.04 bits per heavy atom. The summed E-state index contributed by atoms with van der Waals surface area (Å²) in [5, 5.41) is 5.33. The molecule has 6 nitrogen and oxygen atoms in total. The van der Waals surface area contributed by atoms with Crippen molar-refractivity contribution in [1.82, 2.24) is 5.32 Å². The average molecular weight is 354 g/mol. The van der Waals surface area contributed by atoms with Gasteiger partial charge in [-0.2, -0.15) is 0 Å². The Morgan fingerprint density at radius 3 is 2.42 bits per heavy atom.